The summed E-state index contributed by atoms with van der Waals surface area (Å²) >= 11 is 0. The van der Waals surface area contributed by atoms with E-state index in [0.717, 1.165) is 17.1 Å². The first-order valence-electron chi connectivity index (χ1n) is 9.61. The maximum absolute atomic E-state index is 12.4. The van der Waals surface area contributed by atoms with E-state index in [2.05, 4.69) is 10.3 Å². The second-order valence-electron chi connectivity index (χ2n) is 6.50. The molecule has 0 bridgehead atoms. The summed E-state index contributed by atoms with van der Waals surface area (Å²) in [7, 11) is 1.58. The summed E-state index contributed by atoms with van der Waals surface area (Å²) in [6.07, 6.45) is 0. The number of anilines is 1. The Kier molecular flexibility index (Phi) is 7.24. The Morgan fingerprint density at radius 1 is 0.967 bits per heavy atom. The number of hydrogen-bond acceptors (Lipinski definition) is 6. The summed E-state index contributed by atoms with van der Waals surface area (Å²) in [5.74, 6) is 2.13. The van der Waals surface area contributed by atoms with Gasteiger partial charge in [-0.3, -0.25) is 4.79 Å². The molecular formula is C23H25N3O4. The lowest BCUT2D eigenvalue weighted by atomic mass is 10.2. The summed E-state index contributed by atoms with van der Waals surface area (Å²) in [5, 5.41) is 2.85. The molecule has 7 nitrogen and oxygen atoms in total. The number of carbonyl (C=O) groups is 1. The van der Waals surface area contributed by atoms with Crippen molar-refractivity contribution in [1.29, 1.82) is 0 Å². The summed E-state index contributed by atoms with van der Waals surface area (Å²) in [6.45, 7) is 3.28. The van der Waals surface area contributed by atoms with E-state index in [0.29, 0.717) is 36.8 Å². The van der Waals surface area contributed by atoms with Crippen molar-refractivity contribution in [2.75, 3.05) is 19.5 Å². The van der Waals surface area contributed by atoms with Gasteiger partial charge in [0.05, 0.1) is 24.5 Å². The van der Waals surface area contributed by atoms with Crippen LogP contribution < -0.4 is 20.5 Å². The van der Waals surface area contributed by atoms with Crippen molar-refractivity contribution in [3.8, 4) is 17.2 Å². The molecule has 156 valence electrons. The van der Waals surface area contributed by atoms with Gasteiger partial charge in [-0.05, 0) is 61.0 Å². The van der Waals surface area contributed by atoms with Crippen molar-refractivity contribution in [2.24, 2.45) is 0 Å². The van der Waals surface area contributed by atoms with Crippen LogP contribution in [-0.4, -0.2) is 24.6 Å². The Bertz CT molecular complexity index is 973. The molecule has 3 rings (SSSR count). The third-order valence-corrected chi connectivity index (χ3v) is 4.27. The molecule has 0 spiro atoms. The van der Waals surface area contributed by atoms with Gasteiger partial charge in [-0.15, -0.1) is 0 Å². The summed E-state index contributed by atoms with van der Waals surface area (Å²) < 4.78 is 16.3. The van der Waals surface area contributed by atoms with Crippen LogP contribution in [0.2, 0.25) is 0 Å². The third kappa shape index (κ3) is 5.71. The van der Waals surface area contributed by atoms with E-state index in [4.69, 9.17) is 19.9 Å². The number of aromatic nitrogens is 1. The van der Waals surface area contributed by atoms with Crippen LogP contribution in [0, 0.1) is 0 Å². The molecule has 0 saturated carbocycles. The van der Waals surface area contributed by atoms with Crippen LogP contribution in [0.3, 0.4) is 0 Å². The van der Waals surface area contributed by atoms with Crippen LogP contribution in [0.5, 0.6) is 17.2 Å². The van der Waals surface area contributed by atoms with E-state index in [1.54, 1.807) is 19.2 Å². The Morgan fingerprint density at radius 2 is 1.60 bits per heavy atom. The molecule has 3 N–H and O–H groups in total. The van der Waals surface area contributed by atoms with Crippen molar-refractivity contribution >= 4 is 11.7 Å². The topological polar surface area (TPSA) is 95.7 Å². The average molecular weight is 407 g/mol. The summed E-state index contributed by atoms with van der Waals surface area (Å²) in [4.78, 5) is 16.6. The molecule has 0 fully saturated rings. The zero-order chi connectivity index (χ0) is 21.3. The van der Waals surface area contributed by atoms with E-state index >= 15 is 0 Å². The summed E-state index contributed by atoms with van der Waals surface area (Å²) in [5.41, 5.74) is 7.84. The average Bonchev–Trinajstić information content (AvgIpc) is 2.75. The van der Waals surface area contributed by atoms with Gasteiger partial charge in [0.25, 0.3) is 5.91 Å². The van der Waals surface area contributed by atoms with Crippen molar-refractivity contribution in [2.45, 2.75) is 20.1 Å². The van der Waals surface area contributed by atoms with Crippen molar-refractivity contribution < 1.29 is 19.0 Å². The highest BCUT2D eigenvalue weighted by atomic mass is 16.5. The highest BCUT2D eigenvalue weighted by Crippen LogP contribution is 2.24. The number of pyridine rings is 1. The predicted octanol–water partition coefficient (Wildman–Crippen LogP) is 3.93. The van der Waals surface area contributed by atoms with Gasteiger partial charge < -0.3 is 25.3 Å². The van der Waals surface area contributed by atoms with Crippen LogP contribution in [0.15, 0.2) is 60.7 Å². The van der Waals surface area contributed by atoms with Gasteiger partial charge in [-0.25, -0.2) is 4.98 Å². The quantitative estimate of drug-likeness (QED) is 0.558. The lowest BCUT2D eigenvalue weighted by molar-refractivity contribution is 0.0951. The number of hydrogen-bond donors (Lipinski definition) is 2. The minimum absolute atomic E-state index is 0.182. The molecule has 0 unspecified atom stereocenters. The number of nitrogens with one attached hydrogen (secondary N) is 1. The molecule has 0 radical (unpaired) electrons. The van der Waals surface area contributed by atoms with Crippen molar-refractivity contribution in [1.82, 2.24) is 10.3 Å². The SMILES string of the molecule is CCOc1ccc(Oc2ccc(CNC(=O)c3ccc(COC)nc3N)cc2)cc1. The molecule has 0 atom stereocenters. The molecule has 1 amide bonds. The lowest BCUT2D eigenvalue weighted by Gasteiger charge is -2.10. The Hall–Kier alpha value is -3.58. The highest BCUT2D eigenvalue weighted by Gasteiger charge is 2.11. The maximum atomic E-state index is 12.4. The Labute approximate surface area is 175 Å². The van der Waals surface area contributed by atoms with E-state index < -0.39 is 0 Å². The number of amides is 1. The molecule has 30 heavy (non-hydrogen) atoms. The molecule has 1 aromatic heterocycles. The minimum Gasteiger partial charge on any atom is -0.494 e. The van der Waals surface area contributed by atoms with Gasteiger partial charge in [-0.1, -0.05) is 12.1 Å². The van der Waals surface area contributed by atoms with Crippen LogP contribution in [0.1, 0.15) is 28.5 Å². The molecule has 0 saturated heterocycles. The Balaban J connectivity index is 1.54. The standard InChI is InChI=1S/C23H25N3O4/c1-3-29-18-9-11-20(12-10-18)30-19-7-4-16(5-8-19)14-25-23(27)21-13-6-17(15-28-2)26-22(21)24/h4-13H,3,14-15H2,1-2H3,(H2,24,26)(H,25,27). The lowest BCUT2D eigenvalue weighted by Crippen LogP contribution is -2.24. The molecule has 2 aromatic carbocycles. The second-order valence-corrected chi connectivity index (χ2v) is 6.50. The maximum Gasteiger partial charge on any atom is 0.255 e. The monoisotopic (exact) mass is 407 g/mol. The molecule has 1 heterocycles. The number of carbonyl (C=O) groups excluding carboxylic acids is 1. The zero-order valence-corrected chi connectivity index (χ0v) is 17.1. The normalized spacial score (nSPS) is 10.5. The van der Waals surface area contributed by atoms with Crippen LogP contribution >= 0.6 is 0 Å². The molecule has 0 aliphatic heterocycles. The second kappa shape index (κ2) is 10.3. The van der Waals surface area contributed by atoms with Crippen LogP contribution in [0.25, 0.3) is 0 Å². The van der Waals surface area contributed by atoms with E-state index in [-0.39, 0.29) is 11.7 Å². The first kappa shape index (κ1) is 21.1. The van der Waals surface area contributed by atoms with E-state index in [1.165, 1.54) is 0 Å². The van der Waals surface area contributed by atoms with Gasteiger partial charge in [0.15, 0.2) is 0 Å². The van der Waals surface area contributed by atoms with Gasteiger partial charge in [0.2, 0.25) is 0 Å². The number of benzene rings is 2. The predicted molar refractivity (Wildman–Crippen MR) is 115 cm³/mol. The highest BCUT2D eigenvalue weighted by molar-refractivity contribution is 5.98. The number of nitrogens with two attached hydrogens (primary N) is 1. The van der Waals surface area contributed by atoms with Crippen LogP contribution in [0.4, 0.5) is 5.82 Å². The largest absolute Gasteiger partial charge is 0.494 e. The Morgan fingerprint density at radius 3 is 2.20 bits per heavy atom. The molecular weight excluding hydrogens is 382 g/mol. The van der Waals surface area contributed by atoms with E-state index in [9.17, 15) is 4.79 Å². The third-order valence-electron chi connectivity index (χ3n) is 4.27. The first-order valence-corrected chi connectivity index (χ1v) is 9.61. The zero-order valence-electron chi connectivity index (χ0n) is 17.1. The fourth-order valence-electron chi connectivity index (χ4n) is 2.80. The van der Waals surface area contributed by atoms with Gasteiger partial charge in [-0.2, -0.15) is 0 Å². The smallest absolute Gasteiger partial charge is 0.255 e. The fraction of sp³-hybridized carbons (Fsp3) is 0.217. The van der Waals surface area contributed by atoms with Gasteiger partial charge >= 0.3 is 0 Å². The molecule has 0 aliphatic carbocycles. The molecule has 7 heteroatoms. The van der Waals surface area contributed by atoms with Gasteiger partial charge in [0, 0.05) is 13.7 Å². The van der Waals surface area contributed by atoms with Crippen molar-refractivity contribution in [3.63, 3.8) is 0 Å². The number of ether oxygens (including phenoxy) is 3. The number of methoxy groups -OCH3 is 1. The minimum atomic E-state index is -0.279. The number of nitrogen functional groups attached to an aromatic ring is 1. The fourth-order valence-corrected chi connectivity index (χ4v) is 2.80. The van der Waals surface area contributed by atoms with E-state index in [1.807, 2.05) is 55.5 Å². The first-order chi connectivity index (χ1) is 14.6. The summed E-state index contributed by atoms with van der Waals surface area (Å²) in [6, 6.07) is 18.3. The number of rotatable bonds is 9. The number of nitrogens with zero attached hydrogens (tertiary/aromatic N) is 1. The van der Waals surface area contributed by atoms with Crippen molar-refractivity contribution in [3.05, 3.63) is 77.5 Å². The van der Waals surface area contributed by atoms with Gasteiger partial charge in [0.1, 0.15) is 23.1 Å². The molecule has 3 aromatic rings. The van der Waals surface area contributed by atoms with Crippen LogP contribution in [-0.2, 0) is 17.9 Å². The molecule has 0 aliphatic rings.